The lowest BCUT2D eigenvalue weighted by Gasteiger charge is -2.15. The number of fused-ring (bicyclic) bond motifs is 1. The molecule has 104 valence electrons. The van der Waals surface area contributed by atoms with Gasteiger partial charge >= 0.3 is 12.1 Å². The highest BCUT2D eigenvalue weighted by Crippen LogP contribution is 2.19. The minimum Gasteiger partial charge on any atom is -0.345 e. The van der Waals surface area contributed by atoms with Crippen LogP contribution in [0.1, 0.15) is 13.9 Å². The lowest BCUT2D eigenvalue weighted by atomic mass is 10.0. The molecule has 0 radical (unpaired) electrons. The Labute approximate surface area is 108 Å². The van der Waals surface area contributed by atoms with Crippen molar-refractivity contribution < 1.29 is 19.4 Å². The molecule has 0 saturated heterocycles. The van der Waals surface area contributed by atoms with Gasteiger partial charge in [0.15, 0.2) is 0 Å². The number of hydrogen-bond donors (Lipinski definition) is 2. The van der Waals surface area contributed by atoms with E-state index in [9.17, 15) is 18.0 Å². The van der Waals surface area contributed by atoms with Crippen molar-refractivity contribution in [3.8, 4) is 0 Å². The highest BCUT2D eigenvalue weighted by atomic mass is 19.4. The maximum atomic E-state index is 12.1. The van der Waals surface area contributed by atoms with Crippen LogP contribution >= 0.6 is 0 Å². The van der Waals surface area contributed by atoms with Gasteiger partial charge in [0.25, 0.3) is 0 Å². The largest absolute Gasteiger partial charge is 0.471 e. The van der Waals surface area contributed by atoms with Crippen LogP contribution in [0, 0.1) is 0 Å². The zero-order valence-electron chi connectivity index (χ0n) is 10.1. The molecule has 0 aliphatic carbocycles. The van der Waals surface area contributed by atoms with Crippen molar-refractivity contribution in [2.75, 3.05) is 0 Å². The fourth-order valence-electron chi connectivity index (χ4n) is 1.89. The number of carbonyl (C=O) groups is 1. The van der Waals surface area contributed by atoms with Crippen LogP contribution < -0.4 is 5.32 Å². The van der Waals surface area contributed by atoms with Gasteiger partial charge in [0.2, 0.25) is 0 Å². The third kappa shape index (κ3) is 3.04. The van der Waals surface area contributed by atoms with Gasteiger partial charge in [-0.3, -0.25) is 9.89 Å². The van der Waals surface area contributed by atoms with Gasteiger partial charge in [-0.05, 0) is 25.0 Å². The van der Waals surface area contributed by atoms with Crippen molar-refractivity contribution in [3.63, 3.8) is 0 Å². The molecule has 1 aromatic carbocycles. The van der Waals surface area contributed by atoms with E-state index < -0.39 is 18.1 Å². The molecule has 1 amide bonds. The first-order valence-electron chi connectivity index (χ1n) is 5.66. The third-order valence-corrected chi connectivity index (χ3v) is 2.74. The molecular formula is C12H14F3N3O. The normalized spacial score (nSPS) is 13.5. The molecule has 0 bridgehead atoms. The summed E-state index contributed by atoms with van der Waals surface area (Å²) in [6.07, 6.45) is -2.93. The Morgan fingerprint density at radius 1 is 1.53 bits per heavy atom. The van der Waals surface area contributed by atoms with Crippen LogP contribution in [0.4, 0.5) is 13.2 Å². The van der Waals surface area contributed by atoms with Crippen molar-refractivity contribution in [1.29, 1.82) is 0 Å². The molecule has 0 spiro atoms. The number of rotatable bonds is 3. The summed E-state index contributed by atoms with van der Waals surface area (Å²) in [5, 5.41) is 9.43. The van der Waals surface area contributed by atoms with Crippen LogP contribution in [0.15, 0.2) is 24.4 Å². The number of halogens is 3. The maximum Gasteiger partial charge on any atom is 0.471 e. The van der Waals surface area contributed by atoms with Crippen LogP contribution in [0.2, 0.25) is 0 Å². The molecule has 4 nitrogen and oxygen atoms in total. The Morgan fingerprint density at radius 2 is 2.26 bits per heavy atom. The topological polar surface area (TPSA) is 57.8 Å². The lowest BCUT2D eigenvalue weighted by molar-refractivity contribution is -0.174. The maximum absolute atomic E-state index is 12.1. The summed E-state index contributed by atoms with van der Waals surface area (Å²) < 4.78 is 36.4. The lowest BCUT2D eigenvalue weighted by Crippen LogP contribution is -2.42. The van der Waals surface area contributed by atoms with Crippen LogP contribution in [0.25, 0.3) is 10.9 Å². The van der Waals surface area contributed by atoms with Crippen molar-refractivity contribution >= 4 is 16.8 Å². The first kappa shape index (κ1) is 13.4. The summed E-state index contributed by atoms with van der Waals surface area (Å²) in [5.74, 6) is -1.92. The van der Waals surface area contributed by atoms with Crippen LogP contribution in [0.3, 0.4) is 0 Å². The molecule has 0 unspecified atom stereocenters. The average molecular weight is 273 g/mol. The average Bonchev–Trinajstić information content (AvgIpc) is 2.76. The molecule has 2 aromatic rings. The molecule has 1 aromatic heterocycles. The number of alkyl halides is 3. The van der Waals surface area contributed by atoms with E-state index in [0.717, 1.165) is 16.5 Å². The molecule has 2 N–H and O–H groups in total. The SMILES string of the molecule is C[C@H](Cc1cccc2[nH]ncc12)NC(=O)C(F)(F)F.[HH]. The predicted octanol–water partition coefficient (Wildman–Crippen LogP) is 2.42. The number of aromatic nitrogens is 2. The Bertz CT molecular complexity index is 597. The number of nitrogens with zero attached hydrogens (tertiary/aromatic N) is 1. The second kappa shape index (κ2) is 4.91. The molecule has 19 heavy (non-hydrogen) atoms. The van der Waals surface area contributed by atoms with Crippen LogP contribution in [0.5, 0.6) is 0 Å². The van der Waals surface area contributed by atoms with Gasteiger partial charge in [0.1, 0.15) is 0 Å². The Kier molecular flexibility index (Phi) is 3.46. The van der Waals surface area contributed by atoms with Crippen LogP contribution in [-0.2, 0) is 11.2 Å². The summed E-state index contributed by atoms with van der Waals surface area (Å²) in [7, 11) is 0. The van der Waals surface area contributed by atoms with Gasteiger partial charge in [-0.1, -0.05) is 12.1 Å². The van der Waals surface area contributed by atoms with Crippen molar-refractivity contribution in [2.24, 2.45) is 0 Å². The molecule has 0 aliphatic rings. The molecule has 1 atom stereocenters. The highest BCUT2D eigenvalue weighted by molar-refractivity contribution is 5.83. The van der Waals surface area contributed by atoms with E-state index in [0.29, 0.717) is 6.42 Å². The molecule has 2 rings (SSSR count). The van der Waals surface area contributed by atoms with Gasteiger partial charge in [0.05, 0.1) is 11.7 Å². The third-order valence-electron chi connectivity index (χ3n) is 2.74. The van der Waals surface area contributed by atoms with Gasteiger partial charge in [-0.2, -0.15) is 18.3 Å². The van der Waals surface area contributed by atoms with Gasteiger partial charge in [-0.25, -0.2) is 0 Å². The monoisotopic (exact) mass is 273 g/mol. The predicted molar refractivity (Wildman–Crippen MR) is 65.6 cm³/mol. The summed E-state index contributed by atoms with van der Waals surface area (Å²) >= 11 is 0. The highest BCUT2D eigenvalue weighted by Gasteiger charge is 2.39. The Morgan fingerprint density at radius 3 is 2.95 bits per heavy atom. The fraction of sp³-hybridized carbons (Fsp3) is 0.333. The molecule has 0 fully saturated rings. The quantitative estimate of drug-likeness (QED) is 0.902. The number of benzene rings is 1. The number of nitrogens with one attached hydrogen (secondary N) is 2. The second-order valence-corrected chi connectivity index (χ2v) is 4.32. The number of carbonyl (C=O) groups excluding carboxylic acids is 1. The van der Waals surface area contributed by atoms with E-state index in [2.05, 4.69) is 10.2 Å². The number of amides is 1. The van der Waals surface area contributed by atoms with Crippen molar-refractivity contribution in [1.82, 2.24) is 15.5 Å². The van der Waals surface area contributed by atoms with E-state index in [1.807, 2.05) is 11.4 Å². The molecule has 0 saturated carbocycles. The Balaban J connectivity index is 0.00000200. The first-order valence-corrected chi connectivity index (χ1v) is 5.66. The van der Waals surface area contributed by atoms with E-state index in [1.54, 1.807) is 18.3 Å². The zero-order chi connectivity index (χ0) is 14.0. The van der Waals surface area contributed by atoms with E-state index in [-0.39, 0.29) is 1.43 Å². The van der Waals surface area contributed by atoms with E-state index in [4.69, 9.17) is 0 Å². The first-order chi connectivity index (χ1) is 8.88. The summed E-state index contributed by atoms with van der Waals surface area (Å²) in [5.41, 5.74) is 1.65. The molecule has 7 heteroatoms. The standard InChI is InChI=1S/C12H12F3N3O.H2/c1-7(17-11(19)12(13,14)15)5-8-3-2-4-10-9(8)6-16-18-10;/h2-4,6-7H,5H2,1H3,(H,16,18)(H,17,19);1H/t7-;/m1./s1. The number of aromatic amines is 1. The molecular weight excluding hydrogens is 259 g/mol. The van der Waals surface area contributed by atoms with Crippen LogP contribution in [-0.4, -0.2) is 28.3 Å². The zero-order valence-corrected chi connectivity index (χ0v) is 10.1. The minimum atomic E-state index is -4.85. The smallest absolute Gasteiger partial charge is 0.345 e. The van der Waals surface area contributed by atoms with Gasteiger partial charge < -0.3 is 5.32 Å². The van der Waals surface area contributed by atoms with Crippen molar-refractivity contribution in [2.45, 2.75) is 25.6 Å². The summed E-state index contributed by atoms with van der Waals surface area (Å²) in [6.45, 7) is 1.53. The fourth-order valence-corrected chi connectivity index (χ4v) is 1.89. The molecule has 0 aliphatic heterocycles. The summed E-state index contributed by atoms with van der Waals surface area (Å²) in [6, 6.07) is 4.79. The Hall–Kier alpha value is -2.05. The van der Waals surface area contributed by atoms with Crippen molar-refractivity contribution in [3.05, 3.63) is 30.0 Å². The van der Waals surface area contributed by atoms with E-state index in [1.165, 1.54) is 6.92 Å². The second-order valence-electron chi connectivity index (χ2n) is 4.32. The molecule has 1 heterocycles. The number of H-pyrrole nitrogens is 1. The van der Waals surface area contributed by atoms with Gasteiger partial charge in [0, 0.05) is 12.9 Å². The van der Waals surface area contributed by atoms with E-state index >= 15 is 0 Å². The number of hydrogen-bond acceptors (Lipinski definition) is 2. The van der Waals surface area contributed by atoms with Gasteiger partial charge in [-0.15, -0.1) is 0 Å². The summed E-state index contributed by atoms with van der Waals surface area (Å²) in [4.78, 5) is 10.8. The minimum absolute atomic E-state index is 0.